The van der Waals surface area contributed by atoms with Gasteiger partial charge < -0.3 is 128 Å². The van der Waals surface area contributed by atoms with E-state index < -0.39 is 254 Å². The summed E-state index contributed by atoms with van der Waals surface area (Å²) in [7, 11) is 2.50. The molecule has 2 saturated heterocycles. The summed E-state index contributed by atoms with van der Waals surface area (Å²) in [4.78, 5) is 155. The molecular formula is C82H90Cl3N13O26. The van der Waals surface area contributed by atoms with Crippen molar-refractivity contribution in [1.82, 2.24) is 57.6 Å². The van der Waals surface area contributed by atoms with E-state index in [0.29, 0.717) is 10.6 Å². The second kappa shape index (κ2) is 39.1. The van der Waals surface area contributed by atoms with Crippen LogP contribution >= 0.6 is 34.8 Å². The number of hydrogen-bond acceptors (Lipinski definition) is 29. The van der Waals surface area contributed by atoms with Crippen LogP contribution in [-0.2, 0) is 68.7 Å². The monoisotopic (exact) mass is 1780 g/mol. The first-order valence-corrected chi connectivity index (χ1v) is 39.9. The van der Waals surface area contributed by atoms with Crippen molar-refractivity contribution >= 4 is 99.9 Å². The van der Waals surface area contributed by atoms with Crippen LogP contribution in [0.25, 0.3) is 17.2 Å². The first-order chi connectivity index (χ1) is 58.9. The number of phenolic OH excluding ortho intramolecular Hbond substituents is 3. The molecule has 7 aliphatic heterocycles. The smallest absolute Gasteiger partial charge is 0.349 e. The van der Waals surface area contributed by atoms with E-state index in [1.165, 1.54) is 55.1 Å². The van der Waals surface area contributed by atoms with Crippen molar-refractivity contribution in [1.29, 1.82) is 0 Å². The second-order valence-corrected chi connectivity index (χ2v) is 31.8. The molecule has 660 valence electrons. The molecule has 18 unspecified atom stereocenters. The minimum atomic E-state index is -2.39. The SMILES string of the molecule is CNC(CC(C)C)C(=O)NC1C(=O)NC(CC(N)=O)C(=O)NC2C(=O)NC3C(=O)NC(C(=O)NC(C(=O)NOC)c4cc(O)cc(O)c4-c4cc3ccc4O)C(O)c3ccc(c(Cl)c3)Oc3cc2cc(c3OC2OC(CO)C(O)C(O)C2OC2CC(C)(NCCn3ccc(NC(=O)C=Cc4ccc(Cl)cc4)nc3=O)C(O)C(C)O2)Oc2ccc(cc2Cl)C1O. The molecule has 14 rings (SSSR count). The molecule has 21 N–H and O–H groups in total. The number of fused-ring (bicyclic) bond motifs is 15. The number of ether oxygens (including phenoxy) is 6. The van der Waals surface area contributed by atoms with Crippen LogP contribution in [0, 0.1) is 5.92 Å². The van der Waals surface area contributed by atoms with E-state index in [2.05, 4.69) is 58.3 Å². The van der Waals surface area contributed by atoms with Gasteiger partial charge in [0.2, 0.25) is 59.3 Å². The normalized spacial score (nSPS) is 26.1. The zero-order valence-corrected chi connectivity index (χ0v) is 69.1. The average molecular weight is 1780 g/mol. The van der Waals surface area contributed by atoms with Crippen molar-refractivity contribution in [2.45, 2.75) is 163 Å². The number of hydrogen-bond donors (Lipinski definition) is 20. The number of aromatic nitrogens is 2. The van der Waals surface area contributed by atoms with E-state index >= 15 is 24.0 Å². The molecule has 8 heterocycles. The van der Waals surface area contributed by atoms with Gasteiger partial charge in [0.15, 0.2) is 23.9 Å². The molecule has 0 radical (unpaired) electrons. The summed E-state index contributed by atoms with van der Waals surface area (Å²) in [5.74, 6) is -16.1. The van der Waals surface area contributed by atoms with Crippen molar-refractivity contribution in [3.63, 3.8) is 0 Å². The lowest BCUT2D eigenvalue weighted by Gasteiger charge is -2.48. The van der Waals surface area contributed by atoms with Crippen molar-refractivity contribution < 1.29 is 122 Å². The number of benzene rings is 6. The molecule has 0 saturated carbocycles. The minimum absolute atomic E-state index is 0.0332. The minimum Gasteiger partial charge on any atom is -0.508 e. The van der Waals surface area contributed by atoms with Gasteiger partial charge in [0.25, 0.3) is 5.91 Å². The number of nitrogens with zero attached hydrogens (tertiary/aromatic N) is 2. The number of aliphatic hydroxyl groups is 6. The molecule has 1 aromatic heterocycles. The van der Waals surface area contributed by atoms with E-state index in [-0.39, 0.29) is 60.1 Å². The number of anilines is 1. The van der Waals surface area contributed by atoms with E-state index in [9.17, 15) is 69.9 Å². The van der Waals surface area contributed by atoms with Gasteiger partial charge in [-0.25, -0.2) is 10.3 Å². The van der Waals surface area contributed by atoms with Crippen LogP contribution in [0.15, 0.2) is 126 Å². The number of hydroxylamine groups is 1. The standard InChI is InChI=1S/C82H90Cl3N13O26/c1-34(2)23-47(87-5)73(110)95-64-66(105)38-11-16-51(45(84)25-38)120-53-27-40-28-54(70(53)124-80-71(69(108)68(107)55(33-99)122-80)123-59-32-82(4,72(109)35(3)119-59)88-20-22-98-21-19-57(91-81(98)117)90-58(104)18-9-36-7-13-41(83)14-8-36)121-52-17-12-39(26-46(52)85)67(106)65-78(115)94-63(79(116)97-118-6)44-29-42(100)30-50(102)60(44)43-24-37(10-15-49(43)101)61(75(112)96-65)93-76(113)62(40)92-74(111)48(31-56(86)103)89-77(64)114/h7-19,21,24-30,34-35,47-48,55,59,61-69,71-72,80,87-88,99-102,105-109H,20,22-23,31-33H2,1-6H3,(H2,86,103)(H,89,114)(H,92,111)(H,93,113)(H,94,115)(H,95,110)(H,96,112)(H,97,116)(H,90,91,104,117). The Labute approximate surface area is 720 Å². The van der Waals surface area contributed by atoms with Crippen LogP contribution < -0.4 is 79.0 Å². The number of primary amides is 1. The number of aliphatic hydroxyl groups excluding tert-OH is 6. The maximum absolute atomic E-state index is 16.3. The van der Waals surface area contributed by atoms with Gasteiger partial charge in [0.1, 0.15) is 101 Å². The number of aromatic hydroxyl groups is 3. The van der Waals surface area contributed by atoms with Crippen molar-refractivity contribution in [3.8, 4) is 57.1 Å². The molecule has 0 aliphatic carbocycles. The quantitative estimate of drug-likeness (QED) is 0.0361. The summed E-state index contributed by atoms with van der Waals surface area (Å²) in [5.41, 5.74) is 3.72. The highest BCUT2D eigenvalue weighted by Crippen LogP contribution is 2.50. The molecule has 9 amide bonds. The molecule has 124 heavy (non-hydrogen) atoms. The van der Waals surface area contributed by atoms with Crippen LogP contribution in [0.3, 0.4) is 0 Å². The first-order valence-electron chi connectivity index (χ1n) is 38.8. The predicted octanol–water partition coefficient (Wildman–Crippen LogP) is 1.89. The van der Waals surface area contributed by atoms with E-state index in [1.54, 1.807) is 31.2 Å². The van der Waals surface area contributed by atoms with Gasteiger partial charge in [-0.2, -0.15) is 4.98 Å². The summed E-state index contributed by atoms with van der Waals surface area (Å²) in [6.07, 6.45) is -15.3. The number of halogens is 3. The zero-order valence-electron chi connectivity index (χ0n) is 66.8. The van der Waals surface area contributed by atoms with Crippen molar-refractivity contribution in [3.05, 3.63) is 180 Å². The predicted molar refractivity (Wildman–Crippen MR) is 438 cm³/mol. The average Bonchev–Trinajstić information content (AvgIpc) is 0.764. The summed E-state index contributed by atoms with van der Waals surface area (Å²) in [5, 5.41) is 130. The molecule has 7 aromatic rings. The fourth-order valence-corrected chi connectivity index (χ4v) is 15.4. The Kier molecular flexibility index (Phi) is 28.8. The molecule has 18 atom stereocenters. The largest absolute Gasteiger partial charge is 0.508 e. The highest BCUT2D eigenvalue weighted by Gasteiger charge is 2.52. The Balaban J connectivity index is 0.996. The lowest BCUT2D eigenvalue weighted by Crippen LogP contribution is -2.65. The van der Waals surface area contributed by atoms with E-state index in [4.69, 9.17) is 73.8 Å². The molecule has 39 nitrogen and oxygen atoms in total. The van der Waals surface area contributed by atoms with E-state index in [0.717, 1.165) is 73.8 Å². The Bertz CT molecular complexity index is 5340. The Hall–Kier alpha value is -11.6. The topological polar surface area (TPSA) is 582 Å². The van der Waals surface area contributed by atoms with Gasteiger partial charge in [0, 0.05) is 59.5 Å². The lowest BCUT2D eigenvalue weighted by molar-refractivity contribution is -0.334. The number of amides is 9. The molecule has 0 spiro atoms. The lowest BCUT2D eigenvalue weighted by atomic mass is 9.85. The molecule has 11 bridgehead atoms. The summed E-state index contributed by atoms with van der Waals surface area (Å²) >= 11 is 20.3. The number of likely N-dealkylation sites (N-methyl/N-ethyl adjacent to an activating group) is 1. The van der Waals surface area contributed by atoms with Crippen LogP contribution in [0.4, 0.5) is 5.82 Å². The number of carbonyl (C=O) groups is 9. The third-order valence-electron chi connectivity index (χ3n) is 21.3. The molecule has 2 fully saturated rings. The number of rotatable bonds is 21. The van der Waals surface area contributed by atoms with Gasteiger partial charge >= 0.3 is 5.69 Å². The van der Waals surface area contributed by atoms with E-state index in [1.807, 2.05) is 13.8 Å². The summed E-state index contributed by atoms with van der Waals surface area (Å²) in [6.45, 7) is 5.61. The number of carbonyl (C=O) groups excluding carboxylic acids is 9. The van der Waals surface area contributed by atoms with Gasteiger partial charge in [0.05, 0.1) is 48.4 Å². The van der Waals surface area contributed by atoms with Crippen LogP contribution in [0.2, 0.25) is 15.1 Å². The highest BCUT2D eigenvalue weighted by molar-refractivity contribution is 6.32. The van der Waals surface area contributed by atoms with Gasteiger partial charge in [-0.3, -0.25) is 52.6 Å². The maximum atomic E-state index is 16.3. The molecule has 6 aromatic carbocycles. The van der Waals surface area contributed by atoms with Gasteiger partial charge in [-0.05, 0) is 145 Å². The summed E-state index contributed by atoms with van der Waals surface area (Å²) in [6, 6.07) is 7.67. The van der Waals surface area contributed by atoms with Gasteiger partial charge in [-0.15, -0.1) is 0 Å². The van der Waals surface area contributed by atoms with Crippen LogP contribution in [-0.4, -0.2) is 215 Å². The molecular weight excluding hydrogens is 1690 g/mol. The fourth-order valence-electron chi connectivity index (χ4n) is 14.9. The maximum Gasteiger partial charge on any atom is 0.349 e. The Morgan fingerprint density at radius 3 is 2.00 bits per heavy atom. The third-order valence-corrected chi connectivity index (χ3v) is 22.1. The van der Waals surface area contributed by atoms with Crippen molar-refractivity contribution in [2.24, 2.45) is 11.7 Å². The summed E-state index contributed by atoms with van der Waals surface area (Å²) < 4.78 is 40.6. The van der Waals surface area contributed by atoms with Crippen LogP contribution in [0.1, 0.15) is 111 Å². The Morgan fingerprint density at radius 1 is 0.726 bits per heavy atom. The molecule has 7 aliphatic rings. The number of phenols is 3. The van der Waals surface area contributed by atoms with Gasteiger partial charge in [-0.1, -0.05) is 79.0 Å². The Morgan fingerprint density at radius 2 is 1.37 bits per heavy atom. The zero-order chi connectivity index (χ0) is 89.6. The first kappa shape index (κ1) is 91.6. The highest BCUT2D eigenvalue weighted by atomic mass is 35.5. The third kappa shape index (κ3) is 20.7. The number of nitrogens with one attached hydrogen (secondary N) is 10. The second-order valence-electron chi connectivity index (χ2n) is 30.5. The molecule has 42 heteroatoms. The van der Waals surface area contributed by atoms with Crippen molar-refractivity contribution in [2.75, 3.05) is 32.6 Å². The fraction of sp³-hybridized carbons (Fsp3) is 0.378. The number of nitrogens with two attached hydrogens (primary N) is 1. The van der Waals surface area contributed by atoms with Crippen LogP contribution in [0.5, 0.6) is 46.0 Å².